The monoisotopic (exact) mass is 371 g/mol. The van der Waals surface area contributed by atoms with Crippen LogP contribution in [-0.2, 0) is 4.79 Å². The highest BCUT2D eigenvalue weighted by Crippen LogP contribution is 2.48. The van der Waals surface area contributed by atoms with Gasteiger partial charge in [-0.3, -0.25) is 4.79 Å². The van der Waals surface area contributed by atoms with Crippen molar-refractivity contribution >= 4 is 22.2 Å². The van der Waals surface area contributed by atoms with Gasteiger partial charge in [-0.15, -0.1) is 0 Å². The zero-order valence-corrected chi connectivity index (χ0v) is 15.7. The second-order valence-corrected chi connectivity index (χ2v) is 7.41. The molecule has 1 aliphatic heterocycles. The van der Waals surface area contributed by atoms with Crippen molar-refractivity contribution in [2.45, 2.75) is 25.2 Å². The van der Waals surface area contributed by atoms with Gasteiger partial charge in [-0.05, 0) is 41.5 Å². The molecular weight excluding hydrogens is 350 g/mol. The van der Waals surface area contributed by atoms with Crippen molar-refractivity contribution < 1.29 is 14.6 Å². The van der Waals surface area contributed by atoms with E-state index in [1.54, 1.807) is 13.2 Å². The number of fused-ring (bicyclic) bond motifs is 3. The molecule has 1 heterocycles. The van der Waals surface area contributed by atoms with Crippen LogP contribution in [0, 0.1) is 0 Å². The zero-order chi connectivity index (χ0) is 19.3. The first-order valence-electron chi connectivity index (χ1n) is 9.59. The lowest BCUT2D eigenvalue weighted by Crippen LogP contribution is -2.27. The molecule has 2 aliphatic rings. The molecule has 0 amide bonds. The summed E-state index contributed by atoms with van der Waals surface area (Å²) in [5.41, 5.74) is 4.98. The number of carbonyl (C=O) groups excluding carboxylic acids is 1. The number of benzene rings is 3. The molecule has 4 heteroatoms. The Balaban J connectivity index is 1.79. The topological polar surface area (TPSA) is 58.6 Å². The number of Topliss-reactive ketones (excluding diaryl/α,β-unsaturated/α-hetero) is 1. The second-order valence-electron chi connectivity index (χ2n) is 7.41. The minimum atomic E-state index is -0.168. The van der Waals surface area contributed by atoms with Crippen LogP contribution in [0.4, 0.5) is 5.69 Å². The van der Waals surface area contributed by atoms with Crippen molar-refractivity contribution in [3.8, 4) is 11.5 Å². The molecule has 2 N–H and O–H groups in total. The van der Waals surface area contributed by atoms with E-state index >= 15 is 0 Å². The number of hydrogen-bond donors (Lipinski definition) is 2. The van der Waals surface area contributed by atoms with Crippen molar-refractivity contribution in [1.29, 1.82) is 0 Å². The summed E-state index contributed by atoms with van der Waals surface area (Å²) in [5, 5.41) is 15.9. The summed E-state index contributed by atoms with van der Waals surface area (Å²) in [6, 6.07) is 17.9. The second kappa shape index (κ2) is 6.41. The van der Waals surface area contributed by atoms with Gasteiger partial charge in [-0.2, -0.15) is 0 Å². The molecule has 3 aromatic carbocycles. The van der Waals surface area contributed by atoms with E-state index in [2.05, 4.69) is 29.6 Å². The Morgan fingerprint density at radius 2 is 1.93 bits per heavy atom. The fraction of sp³-hybridized carbons (Fsp3) is 0.208. The van der Waals surface area contributed by atoms with Gasteiger partial charge in [0.15, 0.2) is 17.3 Å². The van der Waals surface area contributed by atoms with E-state index in [9.17, 15) is 9.90 Å². The van der Waals surface area contributed by atoms with Gasteiger partial charge in [0.05, 0.1) is 12.8 Å². The van der Waals surface area contributed by atoms with Crippen LogP contribution >= 0.6 is 0 Å². The van der Waals surface area contributed by atoms with Gasteiger partial charge in [-0.1, -0.05) is 42.5 Å². The lowest BCUT2D eigenvalue weighted by atomic mass is 9.75. The van der Waals surface area contributed by atoms with Gasteiger partial charge in [0.1, 0.15) is 0 Å². The Morgan fingerprint density at radius 3 is 2.79 bits per heavy atom. The van der Waals surface area contributed by atoms with Crippen LogP contribution in [0.15, 0.2) is 65.9 Å². The maximum atomic E-state index is 12.9. The van der Waals surface area contributed by atoms with Crippen molar-refractivity contribution in [1.82, 2.24) is 0 Å². The number of allylic oxidation sites excluding steroid dienone is 2. The van der Waals surface area contributed by atoms with Gasteiger partial charge in [0.25, 0.3) is 0 Å². The summed E-state index contributed by atoms with van der Waals surface area (Å²) >= 11 is 0. The fourth-order valence-electron chi connectivity index (χ4n) is 4.52. The van der Waals surface area contributed by atoms with Gasteiger partial charge in [-0.25, -0.2) is 0 Å². The first kappa shape index (κ1) is 16.9. The largest absolute Gasteiger partial charge is 0.504 e. The number of phenols is 1. The Hall–Kier alpha value is -3.27. The number of ether oxygens (including phenoxy) is 1. The average Bonchev–Trinajstić information content (AvgIpc) is 2.73. The third-order valence-electron chi connectivity index (χ3n) is 5.83. The lowest BCUT2D eigenvalue weighted by molar-refractivity contribution is -0.116. The minimum absolute atomic E-state index is 0.100. The zero-order valence-electron chi connectivity index (χ0n) is 15.7. The predicted molar refractivity (Wildman–Crippen MR) is 110 cm³/mol. The van der Waals surface area contributed by atoms with Crippen LogP contribution in [0.3, 0.4) is 0 Å². The molecule has 0 saturated carbocycles. The minimum Gasteiger partial charge on any atom is -0.504 e. The number of ketones is 1. The number of rotatable bonds is 2. The van der Waals surface area contributed by atoms with E-state index in [4.69, 9.17) is 4.74 Å². The smallest absolute Gasteiger partial charge is 0.161 e. The van der Waals surface area contributed by atoms with Gasteiger partial charge >= 0.3 is 0 Å². The molecule has 0 saturated heterocycles. The van der Waals surface area contributed by atoms with E-state index in [1.807, 2.05) is 24.3 Å². The number of phenolic OH excluding ortho intramolecular Hbond substituents is 1. The molecule has 0 radical (unpaired) electrons. The summed E-state index contributed by atoms with van der Waals surface area (Å²) < 4.78 is 5.33. The van der Waals surface area contributed by atoms with E-state index in [0.29, 0.717) is 12.2 Å². The van der Waals surface area contributed by atoms with Gasteiger partial charge in [0, 0.05) is 29.0 Å². The molecule has 5 rings (SSSR count). The third-order valence-corrected chi connectivity index (χ3v) is 5.83. The molecule has 0 spiro atoms. The first-order chi connectivity index (χ1) is 13.7. The van der Waals surface area contributed by atoms with Crippen molar-refractivity contribution in [2.24, 2.45) is 0 Å². The molecular formula is C24H21NO3. The molecule has 3 aromatic rings. The summed E-state index contributed by atoms with van der Waals surface area (Å²) in [6.07, 6.45) is 2.32. The molecule has 0 aromatic heterocycles. The first-order valence-corrected chi connectivity index (χ1v) is 9.59. The van der Waals surface area contributed by atoms with E-state index in [-0.39, 0.29) is 17.5 Å². The summed E-state index contributed by atoms with van der Waals surface area (Å²) in [6.45, 7) is 0. The average molecular weight is 371 g/mol. The Bertz CT molecular complexity index is 1150. The third kappa shape index (κ3) is 2.48. The predicted octanol–water partition coefficient (Wildman–Crippen LogP) is 5.12. The number of aromatic hydroxyl groups is 1. The maximum Gasteiger partial charge on any atom is 0.161 e. The molecule has 1 unspecified atom stereocenters. The highest BCUT2D eigenvalue weighted by molar-refractivity contribution is 6.04. The van der Waals surface area contributed by atoms with Crippen LogP contribution in [0.25, 0.3) is 10.8 Å². The maximum absolute atomic E-state index is 12.9. The normalized spacial score (nSPS) is 18.5. The summed E-state index contributed by atoms with van der Waals surface area (Å²) in [4.78, 5) is 12.9. The standard InChI is InChI=1S/C24H21NO3/c1-28-21-13-15(10-12-19(21)26)22-17-11-9-14-5-2-3-6-16(14)24(17)25-18-7-4-8-20(27)23(18)22/h2-3,5-6,9-13,22,25-26H,4,7-8H2,1H3. The molecule has 28 heavy (non-hydrogen) atoms. The molecule has 4 nitrogen and oxygen atoms in total. The summed E-state index contributed by atoms with van der Waals surface area (Å²) in [7, 11) is 1.54. The van der Waals surface area contributed by atoms with Crippen LogP contribution in [-0.4, -0.2) is 18.0 Å². The van der Waals surface area contributed by atoms with Crippen molar-refractivity contribution in [2.75, 3.05) is 12.4 Å². The van der Waals surface area contributed by atoms with Crippen molar-refractivity contribution in [3.63, 3.8) is 0 Å². The van der Waals surface area contributed by atoms with E-state index in [0.717, 1.165) is 46.3 Å². The van der Waals surface area contributed by atoms with E-state index in [1.165, 1.54) is 5.39 Å². The fourth-order valence-corrected chi connectivity index (χ4v) is 4.52. The molecule has 140 valence electrons. The lowest BCUT2D eigenvalue weighted by Gasteiger charge is -2.35. The number of carbonyl (C=O) groups is 1. The SMILES string of the molecule is COc1cc(C2C3=C(CCCC3=O)Nc3c2ccc2ccccc32)ccc1O. The summed E-state index contributed by atoms with van der Waals surface area (Å²) in [5.74, 6) is 0.551. The van der Waals surface area contributed by atoms with Crippen LogP contribution < -0.4 is 10.1 Å². The highest BCUT2D eigenvalue weighted by atomic mass is 16.5. The number of methoxy groups -OCH3 is 1. The van der Waals surface area contributed by atoms with E-state index < -0.39 is 0 Å². The number of hydrogen-bond acceptors (Lipinski definition) is 4. The molecule has 0 fully saturated rings. The van der Waals surface area contributed by atoms with Crippen LogP contribution in [0.1, 0.15) is 36.3 Å². The molecule has 0 bridgehead atoms. The van der Waals surface area contributed by atoms with Crippen molar-refractivity contribution in [3.05, 3.63) is 77.0 Å². The highest BCUT2D eigenvalue weighted by Gasteiger charge is 2.35. The number of anilines is 1. The molecule has 1 aliphatic carbocycles. The van der Waals surface area contributed by atoms with Gasteiger partial charge < -0.3 is 15.2 Å². The number of nitrogens with one attached hydrogen (secondary N) is 1. The molecule has 1 atom stereocenters. The Kier molecular flexibility index (Phi) is 3.86. The van der Waals surface area contributed by atoms with Gasteiger partial charge in [0.2, 0.25) is 0 Å². The Morgan fingerprint density at radius 1 is 1.07 bits per heavy atom. The van der Waals surface area contributed by atoms with Crippen LogP contribution in [0.2, 0.25) is 0 Å². The Labute approximate surface area is 163 Å². The quantitative estimate of drug-likeness (QED) is 0.656. The van der Waals surface area contributed by atoms with Crippen LogP contribution in [0.5, 0.6) is 11.5 Å².